The van der Waals surface area contributed by atoms with Gasteiger partial charge in [0.1, 0.15) is 0 Å². The molecule has 1 saturated carbocycles. The minimum atomic E-state index is -0.241. The Hall–Kier alpha value is -2.24. The zero-order chi connectivity index (χ0) is 20.4. The summed E-state index contributed by atoms with van der Waals surface area (Å²) in [7, 11) is 0. The molecule has 156 valence electrons. The van der Waals surface area contributed by atoms with Crippen LogP contribution in [-0.4, -0.2) is 46.9 Å². The third kappa shape index (κ3) is 4.01. The molecule has 2 aliphatic rings. The van der Waals surface area contributed by atoms with Crippen molar-refractivity contribution in [3.63, 3.8) is 0 Å². The summed E-state index contributed by atoms with van der Waals surface area (Å²) in [5.74, 6) is 0.374. The summed E-state index contributed by atoms with van der Waals surface area (Å²) in [5.41, 5.74) is 2.17. The van der Waals surface area contributed by atoms with Crippen molar-refractivity contribution in [1.82, 2.24) is 14.8 Å². The van der Waals surface area contributed by atoms with Gasteiger partial charge < -0.3 is 4.90 Å². The van der Waals surface area contributed by atoms with Crippen LogP contribution in [0.15, 0.2) is 54.6 Å². The zero-order valence-corrected chi connectivity index (χ0v) is 18.2. The molecule has 0 bridgehead atoms. The Balaban J connectivity index is 1.26. The quantitative estimate of drug-likeness (QED) is 0.599. The topological polar surface area (TPSA) is 36.4 Å². The molecular formula is C25H29N3OS. The highest BCUT2D eigenvalue weighted by Crippen LogP contribution is 2.43. The van der Waals surface area contributed by atoms with Crippen LogP contribution in [0.25, 0.3) is 10.2 Å². The second kappa shape index (κ2) is 8.48. The van der Waals surface area contributed by atoms with Crippen LogP contribution in [0.1, 0.15) is 36.3 Å². The number of carbonyl (C=O) groups excluding carboxylic acids is 1. The van der Waals surface area contributed by atoms with Crippen LogP contribution in [-0.2, 0) is 17.8 Å². The van der Waals surface area contributed by atoms with Crippen LogP contribution < -0.4 is 0 Å². The molecule has 0 atom stereocenters. The molecule has 2 fully saturated rings. The van der Waals surface area contributed by atoms with Gasteiger partial charge >= 0.3 is 0 Å². The van der Waals surface area contributed by atoms with Crippen molar-refractivity contribution in [3.8, 4) is 0 Å². The van der Waals surface area contributed by atoms with E-state index in [0.29, 0.717) is 5.91 Å². The van der Waals surface area contributed by atoms with Gasteiger partial charge in [0, 0.05) is 39.1 Å². The first-order valence-corrected chi connectivity index (χ1v) is 11.9. The SMILES string of the molecule is O=C(N1CCN(Cc2ccccc2)CC1)C1(Cc2nc3ccccc3s2)CCCC1. The highest BCUT2D eigenvalue weighted by Gasteiger charge is 2.44. The van der Waals surface area contributed by atoms with Crippen molar-refractivity contribution < 1.29 is 4.79 Å². The molecule has 4 nitrogen and oxygen atoms in total. The first-order chi connectivity index (χ1) is 14.7. The van der Waals surface area contributed by atoms with Gasteiger partial charge in [0.15, 0.2) is 0 Å². The second-order valence-electron chi connectivity index (χ2n) is 8.79. The number of piperazine rings is 1. The van der Waals surface area contributed by atoms with Crippen molar-refractivity contribution in [1.29, 1.82) is 0 Å². The molecule has 2 heterocycles. The molecule has 1 aliphatic carbocycles. The molecule has 1 amide bonds. The summed E-state index contributed by atoms with van der Waals surface area (Å²) < 4.78 is 1.22. The maximum atomic E-state index is 13.7. The molecule has 2 aromatic carbocycles. The van der Waals surface area contributed by atoms with Crippen molar-refractivity contribution in [3.05, 3.63) is 65.2 Å². The highest BCUT2D eigenvalue weighted by atomic mass is 32.1. The van der Waals surface area contributed by atoms with Gasteiger partial charge in [-0.2, -0.15) is 0 Å². The van der Waals surface area contributed by atoms with E-state index in [9.17, 15) is 4.79 Å². The number of para-hydroxylation sites is 1. The molecule has 1 aliphatic heterocycles. The molecule has 0 N–H and O–H groups in total. The van der Waals surface area contributed by atoms with Gasteiger partial charge in [0.25, 0.3) is 0 Å². The average Bonchev–Trinajstić information content (AvgIpc) is 3.42. The lowest BCUT2D eigenvalue weighted by molar-refractivity contribution is -0.143. The van der Waals surface area contributed by atoms with E-state index < -0.39 is 0 Å². The number of rotatable bonds is 5. The summed E-state index contributed by atoms with van der Waals surface area (Å²) in [6, 6.07) is 18.9. The number of hydrogen-bond donors (Lipinski definition) is 0. The van der Waals surface area contributed by atoms with E-state index in [2.05, 4.69) is 58.3 Å². The van der Waals surface area contributed by atoms with Crippen LogP contribution in [0.2, 0.25) is 0 Å². The van der Waals surface area contributed by atoms with Crippen LogP contribution in [0, 0.1) is 5.41 Å². The van der Waals surface area contributed by atoms with Crippen LogP contribution in [0.4, 0.5) is 0 Å². The first kappa shape index (κ1) is 19.7. The molecule has 0 spiro atoms. The largest absolute Gasteiger partial charge is 0.340 e. The molecule has 1 saturated heterocycles. The van der Waals surface area contributed by atoms with Gasteiger partial charge in [-0.15, -0.1) is 11.3 Å². The lowest BCUT2D eigenvalue weighted by atomic mass is 9.81. The number of benzene rings is 2. The lowest BCUT2D eigenvalue weighted by Gasteiger charge is -2.39. The fourth-order valence-electron chi connectivity index (χ4n) is 5.09. The van der Waals surface area contributed by atoms with E-state index in [-0.39, 0.29) is 5.41 Å². The predicted octanol–water partition coefficient (Wildman–Crippen LogP) is 4.74. The number of aromatic nitrogens is 1. The Kier molecular flexibility index (Phi) is 5.57. The van der Waals surface area contributed by atoms with E-state index in [1.807, 2.05) is 6.07 Å². The van der Waals surface area contributed by atoms with Crippen LogP contribution >= 0.6 is 11.3 Å². The normalized spacial score (nSPS) is 19.4. The minimum Gasteiger partial charge on any atom is -0.340 e. The maximum Gasteiger partial charge on any atom is 0.229 e. The number of amides is 1. The fourth-order valence-corrected chi connectivity index (χ4v) is 6.20. The van der Waals surface area contributed by atoms with Gasteiger partial charge in [-0.1, -0.05) is 55.3 Å². The number of hydrogen-bond acceptors (Lipinski definition) is 4. The van der Waals surface area contributed by atoms with Gasteiger partial charge in [0.2, 0.25) is 5.91 Å². The Labute approximate surface area is 182 Å². The molecule has 1 aromatic heterocycles. The number of fused-ring (bicyclic) bond motifs is 1. The maximum absolute atomic E-state index is 13.7. The monoisotopic (exact) mass is 419 g/mol. The Morgan fingerprint density at radius 3 is 2.37 bits per heavy atom. The summed E-state index contributed by atoms with van der Waals surface area (Å²) in [4.78, 5) is 23.1. The number of carbonyl (C=O) groups is 1. The Morgan fingerprint density at radius 1 is 0.933 bits per heavy atom. The van der Waals surface area contributed by atoms with Gasteiger partial charge in [0.05, 0.1) is 20.6 Å². The number of thiazole rings is 1. The minimum absolute atomic E-state index is 0.241. The Morgan fingerprint density at radius 2 is 1.63 bits per heavy atom. The van der Waals surface area contributed by atoms with E-state index in [0.717, 1.165) is 75.4 Å². The summed E-state index contributed by atoms with van der Waals surface area (Å²) >= 11 is 1.76. The van der Waals surface area contributed by atoms with Gasteiger partial charge in [-0.05, 0) is 30.5 Å². The van der Waals surface area contributed by atoms with E-state index >= 15 is 0 Å². The molecule has 30 heavy (non-hydrogen) atoms. The smallest absolute Gasteiger partial charge is 0.229 e. The Bertz CT molecular complexity index is 968. The summed E-state index contributed by atoms with van der Waals surface area (Å²) in [6.07, 6.45) is 5.13. The molecule has 5 rings (SSSR count). The number of nitrogens with zero attached hydrogens (tertiary/aromatic N) is 3. The molecule has 0 radical (unpaired) electrons. The van der Waals surface area contributed by atoms with Gasteiger partial charge in [-0.25, -0.2) is 4.98 Å². The predicted molar refractivity (Wildman–Crippen MR) is 123 cm³/mol. The van der Waals surface area contributed by atoms with Crippen molar-refractivity contribution in [2.45, 2.75) is 38.6 Å². The van der Waals surface area contributed by atoms with Crippen molar-refractivity contribution in [2.24, 2.45) is 5.41 Å². The van der Waals surface area contributed by atoms with E-state index in [4.69, 9.17) is 4.98 Å². The summed E-state index contributed by atoms with van der Waals surface area (Å²) in [6.45, 7) is 4.57. The molecule has 3 aromatic rings. The third-order valence-corrected chi connectivity index (χ3v) is 7.79. The fraction of sp³-hybridized carbons (Fsp3) is 0.440. The zero-order valence-electron chi connectivity index (χ0n) is 17.4. The van der Waals surface area contributed by atoms with Crippen LogP contribution in [0.5, 0.6) is 0 Å². The van der Waals surface area contributed by atoms with Crippen molar-refractivity contribution in [2.75, 3.05) is 26.2 Å². The standard InChI is InChI=1S/C25H29N3OS/c29-24(28-16-14-27(15-17-28)19-20-8-2-1-3-9-20)25(12-6-7-13-25)18-23-26-21-10-4-5-11-22(21)30-23/h1-5,8-11H,6-7,12-19H2. The van der Waals surface area contributed by atoms with E-state index in [1.165, 1.54) is 10.3 Å². The van der Waals surface area contributed by atoms with Crippen LogP contribution in [0.3, 0.4) is 0 Å². The second-order valence-corrected chi connectivity index (χ2v) is 9.91. The molecule has 0 unspecified atom stereocenters. The lowest BCUT2D eigenvalue weighted by Crippen LogP contribution is -2.53. The van der Waals surface area contributed by atoms with Crippen molar-refractivity contribution >= 4 is 27.5 Å². The average molecular weight is 420 g/mol. The van der Waals surface area contributed by atoms with Gasteiger partial charge in [-0.3, -0.25) is 9.69 Å². The van der Waals surface area contributed by atoms with E-state index in [1.54, 1.807) is 11.3 Å². The highest BCUT2D eigenvalue weighted by molar-refractivity contribution is 7.18. The summed E-state index contributed by atoms with van der Waals surface area (Å²) in [5, 5.41) is 1.12. The molecular weight excluding hydrogens is 390 g/mol. The third-order valence-electron chi connectivity index (χ3n) is 6.75. The molecule has 5 heteroatoms. The first-order valence-electron chi connectivity index (χ1n) is 11.1.